The number of hydrogen-bond acceptors (Lipinski definition) is 2. The van der Waals surface area contributed by atoms with Crippen LogP contribution in [0.5, 0.6) is 0 Å². The fraction of sp³-hybridized carbons (Fsp3) is 0.143. The lowest BCUT2D eigenvalue weighted by molar-refractivity contribution is 0.497. The van der Waals surface area contributed by atoms with Gasteiger partial charge in [-0.1, -0.05) is 36.4 Å². The topological polar surface area (TPSA) is 38.0 Å². The number of halogens is 2. The van der Waals surface area contributed by atoms with E-state index in [0.29, 0.717) is 12.0 Å². The summed E-state index contributed by atoms with van der Waals surface area (Å²) in [5.74, 6) is 3.76. The van der Waals surface area contributed by atoms with Gasteiger partial charge in [0.15, 0.2) is 11.6 Å². The minimum Gasteiger partial charge on any atom is -0.271 e. The predicted molar refractivity (Wildman–Crippen MR) is 66.6 cm³/mol. The highest BCUT2D eigenvalue weighted by Crippen LogP contribution is 2.19. The highest BCUT2D eigenvalue weighted by Gasteiger charge is 2.12. The highest BCUT2D eigenvalue weighted by atomic mass is 19.2. The molecule has 0 aliphatic carbocycles. The summed E-state index contributed by atoms with van der Waals surface area (Å²) >= 11 is 0. The second-order valence-electron chi connectivity index (χ2n) is 4.08. The zero-order chi connectivity index (χ0) is 13.0. The molecule has 1 unspecified atom stereocenters. The standard InChI is InChI=1S/C14H14F2N2/c15-12-7-6-11(9-13(12)16)14(18-17)8-10-4-2-1-3-5-10/h1-7,9,14,18H,8,17H2. The van der Waals surface area contributed by atoms with E-state index in [1.54, 1.807) is 0 Å². The number of rotatable bonds is 4. The van der Waals surface area contributed by atoms with E-state index in [1.807, 2.05) is 30.3 Å². The Bertz CT molecular complexity index is 514. The molecule has 0 aliphatic rings. The van der Waals surface area contributed by atoms with E-state index in [1.165, 1.54) is 12.1 Å². The van der Waals surface area contributed by atoms with Crippen LogP contribution < -0.4 is 11.3 Å². The summed E-state index contributed by atoms with van der Waals surface area (Å²) in [6.45, 7) is 0. The van der Waals surface area contributed by atoms with Gasteiger partial charge in [0.2, 0.25) is 0 Å². The smallest absolute Gasteiger partial charge is 0.159 e. The first-order valence-corrected chi connectivity index (χ1v) is 5.65. The van der Waals surface area contributed by atoms with Gasteiger partial charge in [0, 0.05) is 0 Å². The van der Waals surface area contributed by atoms with Gasteiger partial charge in [-0.2, -0.15) is 0 Å². The first-order valence-electron chi connectivity index (χ1n) is 5.65. The van der Waals surface area contributed by atoms with Crippen LogP contribution in [-0.2, 0) is 6.42 Å². The van der Waals surface area contributed by atoms with Gasteiger partial charge in [0.25, 0.3) is 0 Å². The van der Waals surface area contributed by atoms with Crippen molar-refractivity contribution in [3.63, 3.8) is 0 Å². The van der Waals surface area contributed by atoms with Crippen molar-refractivity contribution in [1.82, 2.24) is 5.43 Å². The van der Waals surface area contributed by atoms with Crippen molar-refractivity contribution in [3.05, 3.63) is 71.3 Å². The Hall–Kier alpha value is -1.78. The van der Waals surface area contributed by atoms with Crippen LogP contribution >= 0.6 is 0 Å². The molecular formula is C14H14F2N2. The Kier molecular flexibility index (Phi) is 4.02. The van der Waals surface area contributed by atoms with Gasteiger partial charge >= 0.3 is 0 Å². The Morgan fingerprint density at radius 2 is 1.72 bits per heavy atom. The number of nitrogens with two attached hydrogens (primary N) is 1. The number of hydrazine groups is 1. The number of nitrogens with one attached hydrogen (secondary N) is 1. The van der Waals surface area contributed by atoms with E-state index in [2.05, 4.69) is 5.43 Å². The van der Waals surface area contributed by atoms with Crippen LogP contribution in [-0.4, -0.2) is 0 Å². The molecule has 2 aromatic rings. The molecule has 4 heteroatoms. The summed E-state index contributed by atoms with van der Waals surface area (Å²) in [5.41, 5.74) is 4.32. The zero-order valence-corrected chi connectivity index (χ0v) is 9.74. The normalized spacial score (nSPS) is 12.4. The summed E-state index contributed by atoms with van der Waals surface area (Å²) in [4.78, 5) is 0. The molecule has 18 heavy (non-hydrogen) atoms. The lowest BCUT2D eigenvalue weighted by atomic mass is 9.99. The highest BCUT2D eigenvalue weighted by molar-refractivity contribution is 5.24. The van der Waals surface area contributed by atoms with E-state index in [4.69, 9.17) is 5.84 Å². The van der Waals surface area contributed by atoms with Gasteiger partial charge in [0.05, 0.1) is 6.04 Å². The molecule has 0 aliphatic heterocycles. The van der Waals surface area contributed by atoms with Crippen molar-refractivity contribution in [2.24, 2.45) is 5.84 Å². The van der Waals surface area contributed by atoms with Gasteiger partial charge in [-0.15, -0.1) is 0 Å². The molecule has 0 spiro atoms. The monoisotopic (exact) mass is 248 g/mol. The lowest BCUT2D eigenvalue weighted by Gasteiger charge is -2.16. The summed E-state index contributed by atoms with van der Waals surface area (Å²) in [5, 5.41) is 0. The van der Waals surface area contributed by atoms with Crippen molar-refractivity contribution in [2.75, 3.05) is 0 Å². The molecular weight excluding hydrogens is 234 g/mol. The molecule has 3 N–H and O–H groups in total. The number of hydrogen-bond donors (Lipinski definition) is 2. The quantitative estimate of drug-likeness (QED) is 0.645. The molecule has 0 heterocycles. The minimum absolute atomic E-state index is 0.248. The maximum atomic E-state index is 13.2. The molecule has 1 atom stereocenters. The minimum atomic E-state index is -0.860. The number of benzene rings is 2. The molecule has 0 aromatic heterocycles. The zero-order valence-electron chi connectivity index (χ0n) is 9.74. The van der Waals surface area contributed by atoms with E-state index < -0.39 is 11.6 Å². The maximum absolute atomic E-state index is 13.2. The van der Waals surface area contributed by atoms with Crippen LogP contribution in [0.25, 0.3) is 0 Å². The van der Waals surface area contributed by atoms with Crippen molar-refractivity contribution in [2.45, 2.75) is 12.5 Å². The molecule has 94 valence electrons. The Morgan fingerprint density at radius 1 is 1.00 bits per heavy atom. The van der Waals surface area contributed by atoms with Crippen LogP contribution in [0.1, 0.15) is 17.2 Å². The Balaban J connectivity index is 2.20. The average molecular weight is 248 g/mol. The second-order valence-corrected chi connectivity index (χ2v) is 4.08. The molecule has 2 nitrogen and oxygen atoms in total. The molecule has 0 amide bonds. The van der Waals surface area contributed by atoms with Gasteiger partial charge in [0.1, 0.15) is 0 Å². The lowest BCUT2D eigenvalue weighted by Crippen LogP contribution is -2.29. The predicted octanol–water partition coefficient (Wildman–Crippen LogP) is 2.71. The van der Waals surface area contributed by atoms with Gasteiger partial charge < -0.3 is 0 Å². The summed E-state index contributed by atoms with van der Waals surface area (Å²) in [6, 6.07) is 13.3. The third kappa shape index (κ3) is 2.91. The molecule has 2 rings (SSSR count). The van der Waals surface area contributed by atoms with Crippen molar-refractivity contribution in [3.8, 4) is 0 Å². The van der Waals surface area contributed by atoms with Crippen molar-refractivity contribution < 1.29 is 8.78 Å². The van der Waals surface area contributed by atoms with E-state index in [9.17, 15) is 8.78 Å². The van der Waals surface area contributed by atoms with Gasteiger partial charge in [-0.3, -0.25) is 11.3 Å². The summed E-state index contributed by atoms with van der Waals surface area (Å²) in [7, 11) is 0. The Labute approximate surface area is 104 Å². The summed E-state index contributed by atoms with van der Waals surface area (Å²) < 4.78 is 26.0. The van der Waals surface area contributed by atoms with Gasteiger partial charge in [-0.05, 0) is 29.7 Å². The van der Waals surface area contributed by atoms with Crippen LogP contribution in [0.4, 0.5) is 8.78 Å². The molecule has 0 fully saturated rings. The van der Waals surface area contributed by atoms with E-state index in [0.717, 1.165) is 11.6 Å². The van der Waals surface area contributed by atoms with Crippen LogP contribution in [0.15, 0.2) is 48.5 Å². The van der Waals surface area contributed by atoms with Gasteiger partial charge in [-0.25, -0.2) is 8.78 Å². The molecule has 0 saturated carbocycles. The van der Waals surface area contributed by atoms with Crippen molar-refractivity contribution in [1.29, 1.82) is 0 Å². The van der Waals surface area contributed by atoms with Crippen LogP contribution in [0.2, 0.25) is 0 Å². The SMILES string of the molecule is NNC(Cc1ccccc1)c1ccc(F)c(F)c1. The van der Waals surface area contributed by atoms with Crippen molar-refractivity contribution >= 4 is 0 Å². The fourth-order valence-corrected chi connectivity index (χ4v) is 1.85. The third-order valence-electron chi connectivity index (χ3n) is 2.83. The largest absolute Gasteiger partial charge is 0.271 e. The third-order valence-corrected chi connectivity index (χ3v) is 2.83. The summed E-state index contributed by atoms with van der Waals surface area (Å²) in [6.07, 6.45) is 0.614. The molecule has 2 aromatic carbocycles. The van der Waals surface area contributed by atoms with Crippen LogP contribution in [0.3, 0.4) is 0 Å². The molecule has 0 radical (unpaired) electrons. The second kappa shape index (κ2) is 5.71. The maximum Gasteiger partial charge on any atom is 0.159 e. The molecule has 0 bridgehead atoms. The Morgan fingerprint density at radius 3 is 2.33 bits per heavy atom. The van der Waals surface area contributed by atoms with Crippen LogP contribution in [0, 0.1) is 11.6 Å². The first-order chi connectivity index (χ1) is 8.70. The first kappa shape index (κ1) is 12.7. The van der Waals surface area contributed by atoms with E-state index >= 15 is 0 Å². The molecule has 0 saturated heterocycles. The van der Waals surface area contributed by atoms with E-state index in [-0.39, 0.29) is 6.04 Å². The average Bonchev–Trinajstić information content (AvgIpc) is 2.40. The fourth-order valence-electron chi connectivity index (χ4n) is 1.85.